The Labute approximate surface area is 129 Å². The molecule has 0 aliphatic heterocycles. The SMILES string of the molecule is Nc1ccccc1N.O=S(=O)(O)O.O=S([O-])O.[Na+]. The summed E-state index contributed by atoms with van der Waals surface area (Å²) in [7, 11) is -4.67. The van der Waals surface area contributed by atoms with E-state index in [0.717, 1.165) is 0 Å². The van der Waals surface area contributed by atoms with Crippen LogP contribution in [0.2, 0.25) is 0 Å². The van der Waals surface area contributed by atoms with Gasteiger partial charge in [0, 0.05) is 0 Å². The van der Waals surface area contributed by atoms with Crippen LogP contribution in [0.1, 0.15) is 0 Å². The Bertz CT molecular complexity index is 420. The van der Waals surface area contributed by atoms with Crippen LogP contribution in [-0.4, -0.2) is 30.8 Å². The van der Waals surface area contributed by atoms with Crippen LogP contribution in [-0.2, 0) is 21.8 Å². The predicted octanol–water partition coefficient (Wildman–Crippen LogP) is -3.46. The summed E-state index contributed by atoms with van der Waals surface area (Å²) < 4.78 is 55.7. The topological polar surface area (TPSA) is 187 Å². The Hall–Kier alpha value is -0.240. The minimum Gasteiger partial charge on any atom is -0.750 e. The van der Waals surface area contributed by atoms with Crippen molar-refractivity contribution in [3.05, 3.63) is 24.3 Å². The van der Waals surface area contributed by atoms with Crippen LogP contribution in [0.25, 0.3) is 0 Å². The van der Waals surface area contributed by atoms with E-state index in [1.165, 1.54) is 0 Å². The van der Waals surface area contributed by atoms with E-state index in [1.54, 1.807) is 12.1 Å². The average molecular weight is 310 g/mol. The van der Waals surface area contributed by atoms with Gasteiger partial charge in [0.05, 0.1) is 22.7 Å². The van der Waals surface area contributed by atoms with Crippen molar-refractivity contribution in [1.29, 1.82) is 0 Å². The second-order valence-corrected chi connectivity index (χ2v) is 3.62. The number of nitrogen functional groups attached to an aromatic ring is 2. The first-order valence-corrected chi connectivity index (χ1v) is 6.05. The zero-order valence-electron chi connectivity index (χ0n) is 9.26. The molecule has 0 bridgehead atoms. The molecule has 0 amide bonds. The maximum absolute atomic E-state index is 8.74. The van der Waals surface area contributed by atoms with E-state index in [2.05, 4.69) is 0 Å². The minimum atomic E-state index is -4.67. The quantitative estimate of drug-likeness (QED) is 0.140. The summed E-state index contributed by atoms with van der Waals surface area (Å²) in [5.41, 5.74) is 12.1. The van der Waals surface area contributed by atoms with Crippen LogP contribution in [0.3, 0.4) is 0 Å². The minimum absolute atomic E-state index is 0. The fourth-order valence-electron chi connectivity index (χ4n) is 0.511. The molecular formula is C6H11N2NaO7S2. The number of rotatable bonds is 0. The second kappa shape index (κ2) is 11.8. The van der Waals surface area contributed by atoms with Gasteiger partial charge in [-0.25, -0.2) is 4.21 Å². The van der Waals surface area contributed by atoms with E-state index < -0.39 is 21.8 Å². The van der Waals surface area contributed by atoms with Crippen molar-refractivity contribution in [2.24, 2.45) is 0 Å². The molecule has 0 fully saturated rings. The van der Waals surface area contributed by atoms with E-state index in [4.69, 9.17) is 42.3 Å². The Morgan fingerprint density at radius 1 is 1.11 bits per heavy atom. The molecule has 1 rings (SSSR count). The number of anilines is 2. The van der Waals surface area contributed by atoms with Gasteiger partial charge in [0.25, 0.3) is 0 Å². The second-order valence-electron chi connectivity index (χ2n) is 2.29. The molecule has 0 aromatic heterocycles. The molecule has 1 unspecified atom stereocenters. The summed E-state index contributed by atoms with van der Waals surface area (Å²) >= 11 is -2.86. The van der Waals surface area contributed by atoms with Crippen LogP contribution in [0.4, 0.5) is 11.4 Å². The van der Waals surface area contributed by atoms with E-state index in [9.17, 15) is 0 Å². The Morgan fingerprint density at radius 3 is 1.39 bits per heavy atom. The summed E-state index contributed by atoms with van der Waals surface area (Å²) in [6, 6.07) is 7.25. The average Bonchev–Trinajstić information content (AvgIpc) is 2.06. The fourth-order valence-corrected chi connectivity index (χ4v) is 0.511. The molecule has 9 nitrogen and oxygen atoms in total. The third-order valence-corrected chi connectivity index (χ3v) is 0.996. The van der Waals surface area contributed by atoms with Gasteiger partial charge < -0.3 is 20.6 Å². The van der Waals surface area contributed by atoms with E-state index in [-0.39, 0.29) is 29.6 Å². The smallest absolute Gasteiger partial charge is 0.750 e. The van der Waals surface area contributed by atoms with Crippen molar-refractivity contribution in [2.75, 3.05) is 11.5 Å². The molecule has 7 N–H and O–H groups in total. The maximum atomic E-state index is 8.74. The zero-order valence-corrected chi connectivity index (χ0v) is 12.9. The van der Waals surface area contributed by atoms with Crippen molar-refractivity contribution in [2.45, 2.75) is 0 Å². The van der Waals surface area contributed by atoms with Gasteiger partial charge in [-0.2, -0.15) is 8.42 Å². The summed E-state index contributed by atoms with van der Waals surface area (Å²) in [4.78, 5) is 0. The van der Waals surface area contributed by atoms with Crippen molar-refractivity contribution in [3.8, 4) is 0 Å². The molecule has 1 aromatic rings. The number of nitrogens with two attached hydrogens (primary N) is 2. The third-order valence-electron chi connectivity index (χ3n) is 0.996. The molecule has 0 aliphatic carbocycles. The predicted molar refractivity (Wildman–Crippen MR) is 61.0 cm³/mol. The van der Waals surface area contributed by atoms with Crippen molar-refractivity contribution in [1.82, 2.24) is 0 Å². The fraction of sp³-hybridized carbons (Fsp3) is 0. The molecule has 100 valence electrons. The van der Waals surface area contributed by atoms with Gasteiger partial charge in [0.15, 0.2) is 0 Å². The van der Waals surface area contributed by atoms with E-state index in [1.807, 2.05) is 12.1 Å². The Balaban J connectivity index is -0.000000198. The van der Waals surface area contributed by atoms with Gasteiger partial charge >= 0.3 is 40.0 Å². The van der Waals surface area contributed by atoms with Crippen molar-refractivity contribution >= 4 is 33.1 Å². The molecule has 0 saturated carbocycles. The molecule has 12 heteroatoms. The number of hydrogen-bond acceptors (Lipinski definition) is 6. The van der Waals surface area contributed by atoms with Crippen LogP contribution in [0.5, 0.6) is 0 Å². The molecule has 0 heterocycles. The molecular weight excluding hydrogens is 299 g/mol. The molecule has 0 spiro atoms. The van der Waals surface area contributed by atoms with E-state index in [0.29, 0.717) is 11.4 Å². The standard InChI is InChI=1S/C6H8N2.Na.H2O4S.H2O3S/c7-5-3-1-2-4-6(5)8;;1-5(2,3)4;1-4(2)3/h1-4H,7-8H2;;(H2,1,2,3,4);(H2,1,2,3)/q;+1;;/p-1. The van der Waals surface area contributed by atoms with Crippen LogP contribution < -0.4 is 41.0 Å². The van der Waals surface area contributed by atoms with Gasteiger partial charge in [-0.15, -0.1) is 0 Å². The molecule has 0 radical (unpaired) electrons. The zero-order chi connectivity index (χ0) is 14.1. The Kier molecular flexibility index (Phi) is 15.0. The van der Waals surface area contributed by atoms with Crippen molar-refractivity contribution < 1.29 is 60.4 Å². The van der Waals surface area contributed by atoms with Crippen LogP contribution in [0.15, 0.2) is 24.3 Å². The molecule has 0 aliphatic rings. The van der Waals surface area contributed by atoms with Gasteiger partial charge in [0.1, 0.15) is 0 Å². The largest absolute Gasteiger partial charge is 1.00 e. The number of hydrogen-bond donors (Lipinski definition) is 5. The third kappa shape index (κ3) is 29.7. The van der Waals surface area contributed by atoms with Crippen molar-refractivity contribution in [3.63, 3.8) is 0 Å². The first-order chi connectivity index (χ1) is 7.54. The molecule has 0 saturated heterocycles. The summed E-state index contributed by atoms with van der Waals surface area (Å²) in [5.74, 6) is 0. The Morgan fingerprint density at radius 2 is 1.28 bits per heavy atom. The first kappa shape index (κ1) is 22.9. The van der Waals surface area contributed by atoms with Gasteiger partial charge in [-0.05, 0) is 12.1 Å². The molecule has 18 heavy (non-hydrogen) atoms. The number of para-hydroxylation sites is 2. The summed E-state index contributed by atoms with van der Waals surface area (Å²) in [6.07, 6.45) is 0. The first-order valence-electron chi connectivity index (χ1n) is 3.62. The summed E-state index contributed by atoms with van der Waals surface area (Å²) in [5, 5.41) is 0. The normalized spacial score (nSPS) is 10.7. The monoisotopic (exact) mass is 310 g/mol. The van der Waals surface area contributed by atoms with Gasteiger partial charge in [0.2, 0.25) is 0 Å². The van der Waals surface area contributed by atoms with Gasteiger partial charge in [-0.1, -0.05) is 12.1 Å². The maximum Gasteiger partial charge on any atom is 1.00 e. The summed E-state index contributed by atoms with van der Waals surface area (Å²) in [6.45, 7) is 0. The van der Waals surface area contributed by atoms with E-state index >= 15 is 0 Å². The molecule has 1 atom stereocenters. The van der Waals surface area contributed by atoms with Crippen LogP contribution in [0, 0.1) is 0 Å². The van der Waals surface area contributed by atoms with Gasteiger partial charge in [-0.3, -0.25) is 9.11 Å². The molecule has 1 aromatic carbocycles. The van der Waals surface area contributed by atoms with Crippen LogP contribution >= 0.6 is 0 Å². The number of benzene rings is 1.